The van der Waals surface area contributed by atoms with Crippen LogP contribution in [0, 0.1) is 0 Å². The van der Waals surface area contributed by atoms with E-state index < -0.39 is 0 Å². The zero-order valence-corrected chi connectivity index (χ0v) is 15.0. The molecule has 0 radical (unpaired) electrons. The molecule has 0 aromatic rings. The van der Waals surface area contributed by atoms with E-state index in [-0.39, 0.29) is 6.17 Å². The molecule has 24 heavy (non-hydrogen) atoms. The summed E-state index contributed by atoms with van der Waals surface area (Å²) < 4.78 is 16.4. The first-order chi connectivity index (χ1) is 11.8. The highest BCUT2D eigenvalue weighted by molar-refractivity contribution is 4.75. The first kappa shape index (κ1) is 21.7. The molecule has 1 aliphatic rings. The Labute approximate surface area is 146 Å². The van der Waals surface area contributed by atoms with Crippen molar-refractivity contribution >= 4 is 0 Å². The maximum Gasteiger partial charge on any atom is 0.0701 e. The van der Waals surface area contributed by atoms with Crippen molar-refractivity contribution < 1.29 is 14.2 Å². The first-order valence-corrected chi connectivity index (χ1v) is 9.13. The second-order valence-electron chi connectivity index (χ2n) is 6.00. The van der Waals surface area contributed by atoms with Gasteiger partial charge in [-0.25, -0.2) is 0 Å². The van der Waals surface area contributed by atoms with Crippen molar-refractivity contribution in [3.8, 4) is 0 Å². The van der Waals surface area contributed by atoms with E-state index in [1.807, 2.05) is 0 Å². The van der Waals surface area contributed by atoms with Gasteiger partial charge < -0.3 is 31.4 Å². The van der Waals surface area contributed by atoms with E-state index in [0.29, 0.717) is 46.2 Å². The molecule has 0 aliphatic carbocycles. The van der Waals surface area contributed by atoms with Crippen LogP contribution >= 0.6 is 0 Å². The van der Waals surface area contributed by atoms with Crippen molar-refractivity contribution in [2.45, 2.75) is 19.0 Å². The van der Waals surface area contributed by atoms with Crippen LogP contribution in [0.3, 0.4) is 0 Å². The van der Waals surface area contributed by atoms with Gasteiger partial charge in [0.05, 0.1) is 32.6 Å². The highest BCUT2D eigenvalue weighted by atomic mass is 16.5. The van der Waals surface area contributed by atoms with Crippen LogP contribution in [0.25, 0.3) is 0 Å². The smallest absolute Gasteiger partial charge is 0.0701 e. The van der Waals surface area contributed by atoms with Crippen LogP contribution in [0.5, 0.6) is 0 Å². The fourth-order valence-corrected chi connectivity index (χ4v) is 2.62. The van der Waals surface area contributed by atoms with E-state index in [9.17, 15) is 0 Å². The first-order valence-electron chi connectivity index (χ1n) is 9.13. The lowest BCUT2D eigenvalue weighted by Gasteiger charge is -2.37. The van der Waals surface area contributed by atoms with Crippen LogP contribution in [0.1, 0.15) is 12.8 Å². The molecule has 6 N–H and O–H groups in total. The number of ether oxygens (including phenoxy) is 3. The fraction of sp³-hybridized carbons (Fsp3) is 1.00. The minimum absolute atomic E-state index is 0.0712. The summed E-state index contributed by atoms with van der Waals surface area (Å²) in [4.78, 5) is 4.71. The third-order valence-corrected chi connectivity index (χ3v) is 4.12. The molecule has 0 aromatic carbocycles. The molecule has 1 saturated heterocycles. The molecule has 0 spiro atoms. The van der Waals surface area contributed by atoms with E-state index in [4.69, 9.17) is 31.4 Å². The standard InChI is InChI=1S/C16H37N5O3/c17-3-1-10-22-12-14-24-15-13-23-11-2-16(19)21-8-6-20(5-4-18)7-9-21/h16H,1-15,17-19H2. The zero-order valence-electron chi connectivity index (χ0n) is 15.0. The van der Waals surface area contributed by atoms with Crippen molar-refractivity contribution in [1.29, 1.82) is 0 Å². The second-order valence-corrected chi connectivity index (χ2v) is 6.00. The average molecular weight is 348 g/mol. The van der Waals surface area contributed by atoms with Gasteiger partial charge in [0.2, 0.25) is 0 Å². The quantitative estimate of drug-likeness (QED) is 0.311. The van der Waals surface area contributed by atoms with E-state index in [2.05, 4.69) is 9.80 Å². The van der Waals surface area contributed by atoms with Gasteiger partial charge in [-0.05, 0) is 19.4 Å². The Bertz CT molecular complexity index is 278. The number of hydrogen-bond acceptors (Lipinski definition) is 8. The Kier molecular flexibility index (Phi) is 13.6. The number of piperazine rings is 1. The van der Waals surface area contributed by atoms with Crippen LogP contribution < -0.4 is 17.2 Å². The Hall–Kier alpha value is -0.320. The molecule has 1 aliphatic heterocycles. The summed E-state index contributed by atoms with van der Waals surface area (Å²) in [5.74, 6) is 0. The number of nitrogens with two attached hydrogens (primary N) is 3. The number of rotatable bonds is 15. The topological polar surface area (TPSA) is 112 Å². The summed E-state index contributed by atoms with van der Waals surface area (Å²) in [6.07, 6.45) is 1.81. The molecule has 0 aromatic heterocycles. The third kappa shape index (κ3) is 10.5. The van der Waals surface area contributed by atoms with Crippen molar-refractivity contribution in [3.05, 3.63) is 0 Å². The predicted octanol–water partition coefficient (Wildman–Crippen LogP) is -1.36. The van der Waals surface area contributed by atoms with E-state index >= 15 is 0 Å². The zero-order chi connectivity index (χ0) is 17.5. The van der Waals surface area contributed by atoms with Gasteiger partial charge in [0.25, 0.3) is 0 Å². The van der Waals surface area contributed by atoms with Crippen molar-refractivity contribution in [2.75, 3.05) is 85.5 Å². The van der Waals surface area contributed by atoms with Crippen molar-refractivity contribution in [1.82, 2.24) is 9.80 Å². The SMILES string of the molecule is NCCCOCCOCCOCCC(N)N1CCN(CCN)CC1. The largest absolute Gasteiger partial charge is 0.379 e. The lowest BCUT2D eigenvalue weighted by atomic mass is 10.2. The van der Waals surface area contributed by atoms with Gasteiger partial charge in [0, 0.05) is 52.5 Å². The van der Waals surface area contributed by atoms with Gasteiger partial charge in [-0.2, -0.15) is 0 Å². The van der Waals surface area contributed by atoms with Gasteiger partial charge in [0.1, 0.15) is 0 Å². The van der Waals surface area contributed by atoms with Crippen LogP contribution in [0.15, 0.2) is 0 Å². The Balaban J connectivity index is 1.87. The van der Waals surface area contributed by atoms with Crippen LogP contribution in [0.2, 0.25) is 0 Å². The number of hydrogen-bond donors (Lipinski definition) is 3. The second kappa shape index (κ2) is 15.0. The van der Waals surface area contributed by atoms with Crippen LogP contribution in [0.4, 0.5) is 0 Å². The van der Waals surface area contributed by atoms with Gasteiger partial charge in [-0.3, -0.25) is 9.80 Å². The van der Waals surface area contributed by atoms with Gasteiger partial charge >= 0.3 is 0 Å². The molecular weight excluding hydrogens is 310 g/mol. The lowest BCUT2D eigenvalue weighted by molar-refractivity contribution is 0.00840. The Morgan fingerprint density at radius 1 is 0.750 bits per heavy atom. The van der Waals surface area contributed by atoms with Crippen LogP contribution in [-0.2, 0) is 14.2 Å². The maximum absolute atomic E-state index is 6.23. The van der Waals surface area contributed by atoms with Gasteiger partial charge in [-0.15, -0.1) is 0 Å². The third-order valence-electron chi connectivity index (χ3n) is 4.12. The molecule has 144 valence electrons. The van der Waals surface area contributed by atoms with Gasteiger partial charge in [0.15, 0.2) is 0 Å². The molecule has 0 saturated carbocycles. The predicted molar refractivity (Wildman–Crippen MR) is 95.8 cm³/mol. The Morgan fingerprint density at radius 2 is 1.33 bits per heavy atom. The molecule has 1 unspecified atom stereocenters. The van der Waals surface area contributed by atoms with E-state index in [0.717, 1.165) is 52.1 Å². The van der Waals surface area contributed by atoms with Crippen molar-refractivity contribution in [3.63, 3.8) is 0 Å². The molecule has 0 bridgehead atoms. The molecular formula is C16H37N5O3. The van der Waals surface area contributed by atoms with Gasteiger partial charge in [-0.1, -0.05) is 0 Å². The molecule has 1 fully saturated rings. The van der Waals surface area contributed by atoms with Crippen LogP contribution in [-0.4, -0.2) is 101 Å². The molecule has 1 heterocycles. The highest BCUT2D eigenvalue weighted by Gasteiger charge is 2.20. The molecule has 0 amide bonds. The summed E-state index contributed by atoms with van der Waals surface area (Å²) in [5, 5.41) is 0. The minimum atomic E-state index is 0.0712. The van der Waals surface area contributed by atoms with E-state index in [1.54, 1.807) is 0 Å². The summed E-state index contributed by atoms with van der Waals surface area (Å²) in [6, 6.07) is 0. The summed E-state index contributed by atoms with van der Waals surface area (Å²) in [6.45, 7) is 10.2. The highest BCUT2D eigenvalue weighted by Crippen LogP contribution is 2.05. The normalized spacial score (nSPS) is 18.1. The minimum Gasteiger partial charge on any atom is -0.379 e. The Morgan fingerprint density at radius 3 is 1.92 bits per heavy atom. The summed E-state index contributed by atoms with van der Waals surface area (Å²) in [5.41, 5.74) is 17.2. The molecule has 1 rings (SSSR count). The maximum atomic E-state index is 6.23. The lowest BCUT2D eigenvalue weighted by Crippen LogP contribution is -2.54. The summed E-state index contributed by atoms with van der Waals surface area (Å²) in [7, 11) is 0. The monoisotopic (exact) mass is 347 g/mol. The average Bonchev–Trinajstić information content (AvgIpc) is 2.60. The molecule has 8 nitrogen and oxygen atoms in total. The van der Waals surface area contributed by atoms with E-state index in [1.165, 1.54) is 0 Å². The number of nitrogens with zero attached hydrogens (tertiary/aromatic N) is 2. The fourth-order valence-electron chi connectivity index (χ4n) is 2.62. The van der Waals surface area contributed by atoms with Crippen molar-refractivity contribution in [2.24, 2.45) is 17.2 Å². The summed E-state index contributed by atoms with van der Waals surface area (Å²) >= 11 is 0. The molecule has 1 atom stereocenters. The molecule has 8 heteroatoms.